The van der Waals surface area contributed by atoms with Crippen LogP contribution in [0.4, 0.5) is 0 Å². The monoisotopic (exact) mass is 376 g/mol. The fourth-order valence-corrected chi connectivity index (χ4v) is 3.17. The minimum Gasteiger partial charge on any atom is -0.488 e. The third-order valence-corrected chi connectivity index (χ3v) is 4.37. The van der Waals surface area contributed by atoms with E-state index in [2.05, 4.69) is 69.1 Å². The van der Waals surface area contributed by atoms with Gasteiger partial charge in [0.2, 0.25) is 0 Å². The maximum absolute atomic E-state index is 5.95. The number of piperazine rings is 1. The van der Waals surface area contributed by atoms with Gasteiger partial charge >= 0.3 is 0 Å². The SMILES string of the molecule is CCC(C)[C@@H](c1ccc(OC(C)(C)C)cc1)N1CCNCC1.Cl.Cl. The van der Waals surface area contributed by atoms with Crippen molar-refractivity contribution in [3.63, 3.8) is 0 Å². The van der Waals surface area contributed by atoms with Crippen molar-refractivity contribution in [2.75, 3.05) is 26.2 Å². The van der Waals surface area contributed by atoms with Crippen LogP contribution in [0.15, 0.2) is 24.3 Å². The third kappa shape index (κ3) is 6.79. The molecule has 0 amide bonds. The normalized spacial score (nSPS) is 18.0. The van der Waals surface area contributed by atoms with Gasteiger partial charge in [0, 0.05) is 32.2 Å². The van der Waals surface area contributed by atoms with Gasteiger partial charge in [0.25, 0.3) is 0 Å². The third-order valence-electron chi connectivity index (χ3n) is 4.37. The van der Waals surface area contributed by atoms with E-state index in [0.717, 1.165) is 31.9 Å². The second-order valence-electron chi connectivity index (χ2n) is 7.40. The van der Waals surface area contributed by atoms with Gasteiger partial charge in [0.1, 0.15) is 11.4 Å². The Bertz CT molecular complexity index is 453. The highest BCUT2D eigenvalue weighted by Crippen LogP contribution is 2.32. The molecule has 1 N–H and O–H groups in total. The molecule has 1 aliphatic rings. The number of nitrogens with one attached hydrogen (secondary N) is 1. The van der Waals surface area contributed by atoms with Gasteiger partial charge in [-0.05, 0) is 44.4 Å². The van der Waals surface area contributed by atoms with Crippen LogP contribution in [0.25, 0.3) is 0 Å². The van der Waals surface area contributed by atoms with E-state index in [-0.39, 0.29) is 30.4 Å². The first-order valence-corrected chi connectivity index (χ1v) is 8.64. The lowest BCUT2D eigenvalue weighted by Gasteiger charge is -2.38. The number of nitrogens with zero attached hydrogens (tertiary/aromatic N) is 1. The molecule has 1 heterocycles. The summed E-state index contributed by atoms with van der Waals surface area (Å²) in [5.41, 5.74) is 1.27. The summed E-state index contributed by atoms with van der Waals surface area (Å²) in [4.78, 5) is 2.63. The van der Waals surface area contributed by atoms with E-state index in [1.807, 2.05) is 0 Å². The van der Waals surface area contributed by atoms with Crippen molar-refractivity contribution in [3.8, 4) is 5.75 Å². The summed E-state index contributed by atoms with van der Waals surface area (Å²) in [5.74, 6) is 1.62. The van der Waals surface area contributed by atoms with Gasteiger partial charge < -0.3 is 10.1 Å². The standard InChI is InChI=1S/C19H32N2O.2ClH/c1-6-15(2)18(21-13-11-20-12-14-21)16-7-9-17(10-8-16)22-19(3,4)5;;/h7-10,15,18,20H,6,11-14H2,1-5H3;2*1H/t15?,18-;;/m0../s1. The zero-order valence-electron chi connectivity index (χ0n) is 15.7. The first kappa shape index (κ1) is 23.5. The molecule has 0 aromatic heterocycles. The van der Waals surface area contributed by atoms with Crippen molar-refractivity contribution in [2.24, 2.45) is 5.92 Å². The smallest absolute Gasteiger partial charge is 0.120 e. The van der Waals surface area contributed by atoms with E-state index in [9.17, 15) is 0 Å². The van der Waals surface area contributed by atoms with Gasteiger partial charge in [-0.1, -0.05) is 32.4 Å². The van der Waals surface area contributed by atoms with Gasteiger partial charge in [-0.15, -0.1) is 24.8 Å². The molecule has 0 saturated carbocycles. The average molecular weight is 377 g/mol. The van der Waals surface area contributed by atoms with Crippen molar-refractivity contribution in [2.45, 2.75) is 52.7 Å². The molecule has 2 rings (SSSR count). The molecular formula is C19H34Cl2N2O. The molecule has 24 heavy (non-hydrogen) atoms. The first-order chi connectivity index (χ1) is 10.4. The summed E-state index contributed by atoms with van der Waals surface area (Å²) in [6, 6.07) is 9.26. The molecular weight excluding hydrogens is 343 g/mol. The number of hydrogen-bond donors (Lipinski definition) is 1. The highest BCUT2D eigenvalue weighted by Gasteiger charge is 2.26. The molecule has 1 fully saturated rings. The lowest BCUT2D eigenvalue weighted by Crippen LogP contribution is -2.46. The van der Waals surface area contributed by atoms with Gasteiger partial charge in [-0.2, -0.15) is 0 Å². The van der Waals surface area contributed by atoms with Gasteiger partial charge in [0.15, 0.2) is 0 Å². The highest BCUT2D eigenvalue weighted by atomic mass is 35.5. The molecule has 3 nitrogen and oxygen atoms in total. The van der Waals surface area contributed by atoms with Crippen molar-refractivity contribution >= 4 is 24.8 Å². The summed E-state index contributed by atoms with van der Waals surface area (Å²) in [5, 5.41) is 3.45. The predicted octanol–water partition coefficient (Wildman–Crippen LogP) is 4.70. The Morgan fingerprint density at radius 3 is 2.08 bits per heavy atom. The minimum atomic E-state index is -0.143. The van der Waals surface area contributed by atoms with Crippen LogP contribution in [0.5, 0.6) is 5.75 Å². The van der Waals surface area contributed by atoms with Crippen LogP contribution in [0.3, 0.4) is 0 Å². The Hall–Kier alpha value is -0.480. The second kappa shape index (κ2) is 10.5. The largest absolute Gasteiger partial charge is 0.488 e. The Labute approximate surface area is 160 Å². The van der Waals surface area contributed by atoms with E-state index in [1.165, 1.54) is 12.0 Å². The van der Waals surface area contributed by atoms with Gasteiger partial charge in [-0.3, -0.25) is 4.90 Å². The summed E-state index contributed by atoms with van der Waals surface area (Å²) in [6.45, 7) is 15.4. The molecule has 1 unspecified atom stereocenters. The molecule has 0 bridgehead atoms. The van der Waals surface area contributed by atoms with Gasteiger partial charge in [0.05, 0.1) is 0 Å². The van der Waals surface area contributed by atoms with Gasteiger partial charge in [-0.25, -0.2) is 0 Å². The Morgan fingerprint density at radius 1 is 1.08 bits per heavy atom. The molecule has 0 spiro atoms. The zero-order chi connectivity index (χ0) is 16.2. The van der Waals surface area contributed by atoms with E-state index < -0.39 is 0 Å². The molecule has 2 atom stereocenters. The summed E-state index contributed by atoms with van der Waals surface area (Å²) < 4.78 is 5.95. The van der Waals surface area contributed by atoms with Crippen LogP contribution in [0.2, 0.25) is 0 Å². The fraction of sp³-hybridized carbons (Fsp3) is 0.684. The van der Waals surface area contributed by atoms with E-state index >= 15 is 0 Å². The molecule has 0 radical (unpaired) electrons. The van der Waals surface area contributed by atoms with E-state index in [1.54, 1.807) is 0 Å². The van der Waals surface area contributed by atoms with E-state index in [0.29, 0.717) is 12.0 Å². The molecule has 1 aliphatic heterocycles. The zero-order valence-corrected chi connectivity index (χ0v) is 17.3. The van der Waals surface area contributed by atoms with Crippen LogP contribution in [0.1, 0.15) is 52.6 Å². The second-order valence-corrected chi connectivity index (χ2v) is 7.40. The van der Waals surface area contributed by atoms with Crippen LogP contribution < -0.4 is 10.1 Å². The number of hydrogen-bond acceptors (Lipinski definition) is 3. The van der Waals surface area contributed by atoms with Crippen molar-refractivity contribution in [1.82, 2.24) is 10.2 Å². The number of halogens is 2. The van der Waals surface area contributed by atoms with Crippen LogP contribution in [-0.2, 0) is 0 Å². The lowest BCUT2D eigenvalue weighted by molar-refractivity contribution is 0.126. The Morgan fingerprint density at radius 2 is 1.62 bits per heavy atom. The molecule has 1 aromatic carbocycles. The molecule has 0 aliphatic carbocycles. The highest BCUT2D eigenvalue weighted by molar-refractivity contribution is 5.85. The molecule has 5 heteroatoms. The predicted molar refractivity (Wildman–Crippen MR) is 108 cm³/mol. The molecule has 140 valence electrons. The van der Waals surface area contributed by atoms with Crippen molar-refractivity contribution in [3.05, 3.63) is 29.8 Å². The quantitative estimate of drug-likeness (QED) is 0.805. The Balaban J connectivity index is 0.00000264. The molecule has 1 saturated heterocycles. The number of ether oxygens (including phenoxy) is 1. The lowest BCUT2D eigenvalue weighted by atomic mass is 9.90. The number of rotatable bonds is 5. The maximum Gasteiger partial charge on any atom is 0.120 e. The first-order valence-electron chi connectivity index (χ1n) is 8.64. The molecule has 1 aromatic rings. The maximum atomic E-state index is 5.95. The minimum absolute atomic E-state index is 0. The average Bonchev–Trinajstić information content (AvgIpc) is 2.48. The summed E-state index contributed by atoms with van der Waals surface area (Å²) in [6.07, 6.45) is 1.20. The van der Waals surface area contributed by atoms with E-state index in [4.69, 9.17) is 4.74 Å². The number of benzene rings is 1. The van der Waals surface area contributed by atoms with Crippen LogP contribution in [-0.4, -0.2) is 36.7 Å². The van der Waals surface area contributed by atoms with Crippen LogP contribution >= 0.6 is 24.8 Å². The fourth-order valence-electron chi connectivity index (χ4n) is 3.17. The Kier molecular flexibility index (Phi) is 10.3. The summed E-state index contributed by atoms with van der Waals surface area (Å²) >= 11 is 0. The topological polar surface area (TPSA) is 24.5 Å². The van der Waals surface area contributed by atoms with Crippen LogP contribution in [0, 0.1) is 5.92 Å². The summed E-state index contributed by atoms with van der Waals surface area (Å²) in [7, 11) is 0. The van der Waals surface area contributed by atoms with Crippen molar-refractivity contribution < 1.29 is 4.74 Å². The van der Waals surface area contributed by atoms with Crippen molar-refractivity contribution in [1.29, 1.82) is 0 Å².